The first-order valence-electron chi connectivity index (χ1n) is 10.9. The van der Waals surface area contributed by atoms with E-state index in [-0.39, 0.29) is 42.0 Å². The Morgan fingerprint density at radius 3 is 2.36 bits per heavy atom. The topological polar surface area (TPSA) is 179 Å². The molecule has 1 aromatic rings. The molecule has 0 radical (unpaired) electrons. The summed E-state index contributed by atoms with van der Waals surface area (Å²) in [5.41, 5.74) is -0.338. The van der Waals surface area contributed by atoms with Gasteiger partial charge in [0.1, 0.15) is 5.60 Å². The van der Waals surface area contributed by atoms with Gasteiger partial charge in [-0.2, -0.15) is 12.7 Å². The van der Waals surface area contributed by atoms with Crippen LogP contribution in [0.15, 0.2) is 24.3 Å². The normalized spacial score (nSPS) is 18.0. The molecule has 2 amide bonds. The number of ether oxygens (including phenoxy) is 2. The Hall–Kier alpha value is -2.91. The van der Waals surface area contributed by atoms with Gasteiger partial charge in [0.25, 0.3) is 5.69 Å². The van der Waals surface area contributed by atoms with E-state index in [1.165, 1.54) is 24.0 Å². The maximum Gasteiger partial charge on any atom is 0.425 e. The highest BCUT2D eigenvalue weighted by atomic mass is 32.2. The van der Waals surface area contributed by atoms with Gasteiger partial charge in [-0.1, -0.05) is 23.9 Å². The zero-order valence-corrected chi connectivity index (χ0v) is 22.0. The van der Waals surface area contributed by atoms with Crippen LogP contribution in [0.2, 0.25) is 0 Å². The number of hydrogen-bond acceptors (Lipinski definition) is 10. The molecule has 15 heteroatoms. The van der Waals surface area contributed by atoms with Crippen LogP contribution in [0.1, 0.15) is 39.7 Å². The quantitative estimate of drug-likeness (QED) is 0.376. The summed E-state index contributed by atoms with van der Waals surface area (Å²) in [7, 11) is -4.52. The number of nitro benzene ring substituents is 1. The molecular formula is C21H30N4O9S2. The number of amides is 2. The highest BCUT2D eigenvalue weighted by molar-refractivity contribution is 8.14. The average molecular weight is 547 g/mol. The van der Waals surface area contributed by atoms with E-state index in [9.17, 15) is 32.9 Å². The van der Waals surface area contributed by atoms with Crippen molar-refractivity contribution in [1.29, 1.82) is 0 Å². The number of benzene rings is 1. The van der Waals surface area contributed by atoms with Crippen LogP contribution in [0.4, 0.5) is 15.3 Å². The third-order valence-electron chi connectivity index (χ3n) is 4.99. The maximum atomic E-state index is 12.9. The minimum Gasteiger partial charge on any atom is -0.449 e. The van der Waals surface area contributed by atoms with Crippen LogP contribution >= 0.6 is 11.8 Å². The van der Waals surface area contributed by atoms with Crippen molar-refractivity contribution in [2.45, 2.75) is 57.4 Å². The number of nitrogens with zero attached hydrogens (tertiary/aromatic N) is 3. The first kappa shape index (κ1) is 29.3. The van der Waals surface area contributed by atoms with E-state index < -0.39 is 45.5 Å². The Labute approximate surface area is 213 Å². The molecule has 0 bridgehead atoms. The van der Waals surface area contributed by atoms with Gasteiger partial charge in [0.2, 0.25) is 0 Å². The monoisotopic (exact) mass is 546 g/mol. The van der Waals surface area contributed by atoms with Crippen LogP contribution in [-0.4, -0.2) is 76.4 Å². The Morgan fingerprint density at radius 1 is 1.25 bits per heavy atom. The number of likely N-dealkylation sites (tertiary alicyclic amines) is 1. The summed E-state index contributed by atoms with van der Waals surface area (Å²) in [5, 5.41) is 15.5. The van der Waals surface area contributed by atoms with Gasteiger partial charge < -0.3 is 14.4 Å². The molecule has 2 atom stereocenters. The molecule has 1 aromatic carbocycles. The lowest BCUT2D eigenvalue weighted by Gasteiger charge is -2.30. The van der Waals surface area contributed by atoms with Gasteiger partial charge in [-0.25, -0.2) is 14.7 Å². The molecule has 0 aromatic heterocycles. The molecule has 1 aliphatic rings. The van der Waals surface area contributed by atoms with Crippen LogP contribution in [0.3, 0.4) is 0 Å². The van der Waals surface area contributed by atoms with Crippen molar-refractivity contribution in [3.8, 4) is 0 Å². The van der Waals surface area contributed by atoms with E-state index in [0.717, 1.165) is 11.8 Å². The zero-order chi connectivity index (χ0) is 27.3. The maximum absolute atomic E-state index is 12.9. The second-order valence-corrected chi connectivity index (χ2v) is 12.1. The molecule has 0 unspecified atom stereocenters. The van der Waals surface area contributed by atoms with Crippen molar-refractivity contribution in [3.05, 3.63) is 39.9 Å². The summed E-state index contributed by atoms with van der Waals surface area (Å²) in [6.07, 6.45) is -1.43. The summed E-state index contributed by atoms with van der Waals surface area (Å²) in [5.74, 6) is 0. The van der Waals surface area contributed by atoms with Gasteiger partial charge in [0, 0.05) is 37.3 Å². The van der Waals surface area contributed by atoms with Gasteiger partial charge in [-0.3, -0.25) is 14.9 Å². The number of nitro groups is 1. The SMILES string of the molecule is CC(=O)S[C@@H]1C[C@@H](CN(C(=O)OC(C)(C)C)S(N)(=O)=O)N(C(=O)OCCc2ccc([N+](=O)[O-])cc2)C1. The fraction of sp³-hybridized carbons (Fsp3) is 0.571. The molecule has 2 rings (SSSR count). The van der Waals surface area contributed by atoms with Crippen LogP contribution in [0.25, 0.3) is 0 Å². The molecule has 2 N–H and O–H groups in total. The fourth-order valence-electron chi connectivity index (χ4n) is 3.50. The van der Waals surface area contributed by atoms with Crippen molar-refractivity contribution < 1.29 is 37.2 Å². The predicted octanol–water partition coefficient (Wildman–Crippen LogP) is 2.44. The summed E-state index contributed by atoms with van der Waals surface area (Å²) in [6, 6.07) is 4.98. The van der Waals surface area contributed by atoms with Crippen molar-refractivity contribution in [1.82, 2.24) is 9.21 Å². The molecular weight excluding hydrogens is 516 g/mol. The van der Waals surface area contributed by atoms with Crippen molar-refractivity contribution in [2.24, 2.45) is 5.14 Å². The number of thioether (sulfide) groups is 1. The van der Waals surface area contributed by atoms with Gasteiger partial charge in [0.05, 0.1) is 24.1 Å². The van der Waals surface area contributed by atoms with E-state index in [0.29, 0.717) is 9.87 Å². The number of nitrogens with two attached hydrogens (primary N) is 1. The molecule has 0 aliphatic carbocycles. The third-order valence-corrected chi connectivity index (χ3v) is 6.91. The van der Waals surface area contributed by atoms with Crippen molar-refractivity contribution in [3.63, 3.8) is 0 Å². The molecule has 13 nitrogen and oxygen atoms in total. The Morgan fingerprint density at radius 2 is 1.86 bits per heavy atom. The lowest BCUT2D eigenvalue weighted by atomic mass is 10.1. The smallest absolute Gasteiger partial charge is 0.425 e. The highest BCUT2D eigenvalue weighted by Gasteiger charge is 2.41. The lowest BCUT2D eigenvalue weighted by Crippen LogP contribution is -2.51. The molecule has 1 fully saturated rings. The van der Waals surface area contributed by atoms with Crippen LogP contribution in [0.5, 0.6) is 0 Å². The Balaban J connectivity index is 2.12. The standard InChI is InChI=1S/C21H30N4O9S2/c1-14(26)35-18-11-17(12-24(36(22,31)32)20(28)34-21(2,3)4)23(13-18)19(27)33-10-9-15-5-7-16(8-6-15)25(29)30/h5-8,17-18H,9-13H2,1-4H3,(H2,22,31,32)/t17-,18+/m0/s1. The number of carbonyl (C=O) groups is 3. The van der Waals surface area contributed by atoms with E-state index >= 15 is 0 Å². The zero-order valence-electron chi connectivity index (χ0n) is 20.4. The molecule has 1 aliphatic heterocycles. The average Bonchev–Trinajstić information content (AvgIpc) is 3.11. The fourth-order valence-corrected chi connectivity index (χ4v) is 5.15. The molecule has 36 heavy (non-hydrogen) atoms. The molecule has 1 saturated heterocycles. The Kier molecular flexibility index (Phi) is 9.68. The van der Waals surface area contributed by atoms with Gasteiger partial charge in [-0.15, -0.1) is 0 Å². The summed E-state index contributed by atoms with van der Waals surface area (Å²) in [6.45, 7) is 5.65. The van der Waals surface area contributed by atoms with Crippen molar-refractivity contribution in [2.75, 3.05) is 19.7 Å². The molecule has 0 saturated carbocycles. The van der Waals surface area contributed by atoms with Crippen LogP contribution in [0, 0.1) is 10.1 Å². The highest BCUT2D eigenvalue weighted by Crippen LogP contribution is 2.30. The van der Waals surface area contributed by atoms with E-state index in [2.05, 4.69) is 0 Å². The van der Waals surface area contributed by atoms with E-state index in [4.69, 9.17) is 14.6 Å². The summed E-state index contributed by atoms with van der Waals surface area (Å²) < 4.78 is 35.1. The van der Waals surface area contributed by atoms with Crippen LogP contribution in [-0.2, 0) is 30.9 Å². The molecule has 0 spiro atoms. The van der Waals surface area contributed by atoms with Gasteiger partial charge in [-0.05, 0) is 32.8 Å². The summed E-state index contributed by atoms with van der Waals surface area (Å²) in [4.78, 5) is 48.5. The second-order valence-electron chi connectivity index (χ2n) is 9.12. The largest absolute Gasteiger partial charge is 0.449 e. The third kappa shape index (κ3) is 8.95. The summed E-state index contributed by atoms with van der Waals surface area (Å²) >= 11 is 1.01. The molecule has 200 valence electrons. The predicted molar refractivity (Wildman–Crippen MR) is 131 cm³/mol. The first-order chi connectivity index (χ1) is 16.6. The first-order valence-corrected chi connectivity index (χ1v) is 13.3. The van der Waals surface area contributed by atoms with E-state index in [1.54, 1.807) is 32.9 Å². The second kappa shape index (κ2) is 11.9. The van der Waals surface area contributed by atoms with Gasteiger partial charge >= 0.3 is 22.4 Å². The number of carbonyl (C=O) groups excluding carboxylic acids is 3. The van der Waals surface area contributed by atoms with Crippen molar-refractivity contribution >= 4 is 45.0 Å². The minimum atomic E-state index is -4.52. The minimum absolute atomic E-state index is 0.0463. The Bertz CT molecular complexity index is 1090. The van der Waals surface area contributed by atoms with Gasteiger partial charge in [0.15, 0.2) is 5.12 Å². The lowest BCUT2D eigenvalue weighted by molar-refractivity contribution is -0.384. The number of hydrogen-bond donors (Lipinski definition) is 1. The number of rotatable bonds is 8. The van der Waals surface area contributed by atoms with Crippen LogP contribution < -0.4 is 5.14 Å². The molecule has 1 heterocycles. The number of non-ortho nitro benzene ring substituents is 1. The van der Waals surface area contributed by atoms with E-state index in [1.807, 2.05) is 0 Å².